The largest absolute Gasteiger partial charge is 0.508 e. The molecule has 2 heterocycles. The molecule has 4 rings (SSSR count). The van der Waals surface area contributed by atoms with Crippen LogP contribution in [0.3, 0.4) is 0 Å². The van der Waals surface area contributed by atoms with Crippen molar-refractivity contribution in [2.75, 3.05) is 7.11 Å². The van der Waals surface area contributed by atoms with Crippen LogP contribution in [0.25, 0.3) is 22.3 Å². The molecule has 1 aliphatic rings. The molecule has 3 aromatic rings. The predicted octanol–water partition coefficient (Wildman–Crippen LogP) is 0.497. The van der Waals surface area contributed by atoms with E-state index in [9.17, 15) is 40.5 Å². The third-order valence-corrected chi connectivity index (χ3v) is 5.48. The van der Waals surface area contributed by atoms with Crippen molar-refractivity contribution in [3.63, 3.8) is 0 Å². The summed E-state index contributed by atoms with van der Waals surface area (Å²) in [5.41, 5.74) is -1.28. The lowest BCUT2D eigenvalue weighted by Crippen LogP contribution is -2.58. The van der Waals surface area contributed by atoms with E-state index in [0.717, 1.165) is 24.3 Å². The summed E-state index contributed by atoms with van der Waals surface area (Å²) in [6.45, 7) is 1.41. The fourth-order valence-electron chi connectivity index (χ4n) is 3.73. The first-order chi connectivity index (χ1) is 16.0. The molecule has 7 N–H and O–H groups in total. The standard InChI is InChI=1S/C22H22O12/c1-7-15(27)17(29)18(30)22(32-7)34-21-16(28)14-10(24)5-9(23)6-13(14)33-19(21)8-3-11(25)20(31-2)12(26)4-8/h3-7,15,17-18,22-27,29-30H,1-2H3/t7-,15-,17+,18+,22+/m0/s1. The van der Waals surface area contributed by atoms with E-state index in [4.69, 9.17) is 18.6 Å². The first-order valence-corrected chi connectivity index (χ1v) is 10.0. The van der Waals surface area contributed by atoms with Crippen LogP contribution in [0.15, 0.2) is 33.5 Å². The Hall–Kier alpha value is -3.71. The van der Waals surface area contributed by atoms with Crippen molar-refractivity contribution in [2.45, 2.75) is 37.6 Å². The Bertz CT molecular complexity index is 1280. The number of rotatable bonds is 4. The average Bonchev–Trinajstić information content (AvgIpc) is 2.76. The Labute approximate surface area is 191 Å². The molecule has 12 heteroatoms. The van der Waals surface area contributed by atoms with E-state index in [1.165, 1.54) is 14.0 Å². The van der Waals surface area contributed by atoms with Gasteiger partial charge in [0.15, 0.2) is 17.3 Å². The van der Waals surface area contributed by atoms with Gasteiger partial charge in [-0.1, -0.05) is 0 Å². The monoisotopic (exact) mass is 478 g/mol. The van der Waals surface area contributed by atoms with E-state index >= 15 is 0 Å². The number of hydrogen-bond acceptors (Lipinski definition) is 12. The SMILES string of the molecule is COc1c(O)cc(-c2oc3cc(O)cc(O)c3c(=O)c2O[C@H]2O[C@@H](C)[C@H](O)[C@@H](O)[C@H]2O)cc1O. The van der Waals surface area contributed by atoms with E-state index in [2.05, 4.69) is 0 Å². The molecular formula is C22H22O12. The number of fused-ring (bicyclic) bond motifs is 1. The van der Waals surface area contributed by atoms with Gasteiger partial charge in [-0.3, -0.25) is 4.79 Å². The number of methoxy groups -OCH3 is 1. The maximum absolute atomic E-state index is 13.3. The van der Waals surface area contributed by atoms with Crippen LogP contribution in [0.4, 0.5) is 0 Å². The molecular weight excluding hydrogens is 456 g/mol. The molecule has 34 heavy (non-hydrogen) atoms. The lowest BCUT2D eigenvalue weighted by atomic mass is 10.00. The first kappa shape index (κ1) is 23.4. The molecule has 12 nitrogen and oxygen atoms in total. The van der Waals surface area contributed by atoms with Gasteiger partial charge in [0.05, 0.1) is 13.2 Å². The normalized spacial score (nSPS) is 24.8. The van der Waals surface area contributed by atoms with E-state index < -0.39 is 64.9 Å². The van der Waals surface area contributed by atoms with Gasteiger partial charge < -0.3 is 54.4 Å². The summed E-state index contributed by atoms with van der Waals surface area (Å²) in [7, 11) is 1.22. The summed E-state index contributed by atoms with van der Waals surface area (Å²) < 4.78 is 21.6. The molecule has 0 aliphatic carbocycles. The Morgan fingerprint density at radius 3 is 2.12 bits per heavy atom. The summed E-state index contributed by atoms with van der Waals surface area (Å²) in [5.74, 6) is -3.30. The summed E-state index contributed by atoms with van der Waals surface area (Å²) in [6.07, 6.45) is -7.50. The molecule has 1 fully saturated rings. The van der Waals surface area contributed by atoms with Crippen LogP contribution in [0, 0.1) is 0 Å². The van der Waals surface area contributed by atoms with Crippen LogP contribution < -0.4 is 14.9 Å². The van der Waals surface area contributed by atoms with Gasteiger partial charge in [-0.15, -0.1) is 0 Å². The minimum absolute atomic E-state index is 0.0773. The van der Waals surface area contributed by atoms with Gasteiger partial charge in [-0.05, 0) is 19.1 Å². The molecule has 0 unspecified atom stereocenters. The Morgan fingerprint density at radius 1 is 0.853 bits per heavy atom. The lowest BCUT2D eigenvalue weighted by molar-refractivity contribution is -0.268. The van der Waals surface area contributed by atoms with Gasteiger partial charge in [0.1, 0.15) is 40.8 Å². The fraction of sp³-hybridized carbons (Fsp3) is 0.318. The molecule has 0 bridgehead atoms. The van der Waals surface area contributed by atoms with Gasteiger partial charge in [0.2, 0.25) is 23.2 Å². The maximum Gasteiger partial charge on any atom is 0.239 e. The van der Waals surface area contributed by atoms with Crippen molar-refractivity contribution in [1.82, 2.24) is 0 Å². The number of aromatic hydroxyl groups is 4. The number of benzene rings is 2. The van der Waals surface area contributed by atoms with Crippen molar-refractivity contribution in [1.29, 1.82) is 0 Å². The predicted molar refractivity (Wildman–Crippen MR) is 114 cm³/mol. The van der Waals surface area contributed by atoms with E-state index in [1.54, 1.807) is 0 Å². The van der Waals surface area contributed by atoms with Gasteiger partial charge in [0.25, 0.3) is 0 Å². The van der Waals surface area contributed by atoms with Gasteiger partial charge in [-0.2, -0.15) is 0 Å². The van der Waals surface area contributed by atoms with Gasteiger partial charge in [-0.25, -0.2) is 0 Å². The zero-order valence-electron chi connectivity index (χ0n) is 17.9. The highest BCUT2D eigenvalue weighted by Gasteiger charge is 2.44. The highest BCUT2D eigenvalue weighted by atomic mass is 16.7. The van der Waals surface area contributed by atoms with Crippen molar-refractivity contribution in [3.8, 4) is 45.8 Å². The van der Waals surface area contributed by atoms with Crippen LogP contribution >= 0.6 is 0 Å². The van der Waals surface area contributed by atoms with Crippen molar-refractivity contribution >= 4 is 11.0 Å². The smallest absolute Gasteiger partial charge is 0.239 e. The van der Waals surface area contributed by atoms with Crippen LogP contribution in [0.5, 0.6) is 34.5 Å². The third-order valence-electron chi connectivity index (χ3n) is 5.48. The first-order valence-electron chi connectivity index (χ1n) is 10.0. The van der Waals surface area contributed by atoms with Crippen molar-refractivity contribution in [2.24, 2.45) is 0 Å². The van der Waals surface area contributed by atoms with E-state index in [-0.39, 0.29) is 28.0 Å². The number of aliphatic hydroxyl groups excluding tert-OH is 3. The van der Waals surface area contributed by atoms with Gasteiger partial charge in [0, 0.05) is 17.7 Å². The zero-order chi connectivity index (χ0) is 24.9. The molecule has 0 amide bonds. The topological polar surface area (TPSA) is 200 Å². The molecule has 1 aromatic heterocycles. The van der Waals surface area contributed by atoms with Crippen molar-refractivity contribution < 1.29 is 54.4 Å². The van der Waals surface area contributed by atoms with Gasteiger partial charge >= 0.3 is 0 Å². The number of phenolic OH excluding ortho intramolecular Hbond substituents is 4. The highest BCUT2D eigenvalue weighted by molar-refractivity contribution is 5.88. The second kappa shape index (κ2) is 8.57. The number of ether oxygens (including phenoxy) is 3. The molecule has 0 spiro atoms. The van der Waals surface area contributed by atoms with Crippen molar-refractivity contribution in [3.05, 3.63) is 34.5 Å². The van der Waals surface area contributed by atoms with E-state index in [1.807, 2.05) is 0 Å². The number of phenols is 4. The number of hydrogen-bond donors (Lipinski definition) is 7. The minimum Gasteiger partial charge on any atom is -0.508 e. The molecule has 0 saturated carbocycles. The fourth-order valence-corrected chi connectivity index (χ4v) is 3.73. The molecule has 1 aliphatic heterocycles. The Balaban J connectivity index is 1.94. The van der Waals surface area contributed by atoms with E-state index in [0.29, 0.717) is 0 Å². The van der Waals surface area contributed by atoms with Crippen LogP contribution in [0.2, 0.25) is 0 Å². The quantitative estimate of drug-likeness (QED) is 0.274. The average molecular weight is 478 g/mol. The number of aliphatic hydroxyl groups is 3. The van der Waals surface area contributed by atoms with Crippen LogP contribution in [-0.2, 0) is 4.74 Å². The third kappa shape index (κ3) is 3.82. The Morgan fingerprint density at radius 2 is 1.50 bits per heavy atom. The summed E-state index contributed by atoms with van der Waals surface area (Å²) in [5, 5.41) is 70.4. The maximum atomic E-state index is 13.3. The molecule has 182 valence electrons. The molecule has 2 aromatic carbocycles. The summed E-state index contributed by atoms with van der Waals surface area (Å²) in [6, 6.07) is 4.15. The van der Waals surface area contributed by atoms with Crippen LogP contribution in [0.1, 0.15) is 6.92 Å². The molecule has 1 saturated heterocycles. The zero-order valence-corrected chi connectivity index (χ0v) is 17.9. The van der Waals surface area contributed by atoms with Crippen LogP contribution in [-0.4, -0.2) is 73.6 Å². The highest BCUT2D eigenvalue weighted by Crippen LogP contribution is 2.43. The summed E-state index contributed by atoms with van der Waals surface area (Å²) in [4.78, 5) is 13.3. The molecule has 5 atom stereocenters. The molecule has 0 radical (unpaired) electrons. The minimum atomic E-state index is -1.78. The Kier molecular flexibility index (Phi) is 5.91. The lowest BCUT2D eigenvalue weighted by Gasteiger charge is -2.38. The second-order valence-electron chi connectivity index (χ2n) is 7.77. The second-order valence-corrected chi connectivity index (χ2v) is 7.77. The summed E-state index contributed by atoms with van der Waals surface area (Å²) >= 11 is 0.